The number of nitrogens with zero attached hydrogens (tertiary/aromatic N) is 4. The first kappa shape index (κ1) is 15.1. The van der Waals surface area contributed by atoms with Crippen LogP contribution in [0.25, 0.3) is 0 Å². The molecule has 0 saturated carbocycles. The minimum absolute atomic E-state index is 0.552. The molecule has 1 fully saturated rings. The fraction of sp³-hybridized carbons (Fsp3) is 0.375. The molecular formula is C16H20BrN5. The van der Waals surface area contributed by atoms with Gasteiger partial charge in [0.05, 0.1) is 0 Å². The SMILES string of the molecule is CCc1nc(N)cc(N2CCN(c3cccc(Br)c3)CC2)n1. The van der Waals surface area contributed by atoms with E-state index in [1.807, 2.05) is 13.0 Å². The lowest BCUT2D eigenvalue weighted by atomic mass is 10.2. The zero-order valence-corrected chi connectivity index (χ0v) is 14.3. The molecule has 0 amide bonds. The molecule has 0 atom stereocenters. The second kappa shape index (κ2) is 6.52. The molecule has 3 rings (SSSR count). The number of hydrogen-bond acceptors (Lipinski definition) is 5. The molecule has 1 aliphatic heterocycles. The Balaban J connectivity index is 1.70. The van der Waals surface area contributed by atoms with Gasteiger partial charge in [-0.25, -0.2) is 9.97 Å². The van der Waals surface area contributed by atoms with E-state index in [0.717, 1.165) is 48.7 Å². The molecule has 0 radical (unpaired) electrons. The van der Waals surface area contributed by atoms with Crippen LogP contribution in [0.3, 0.4) is 0 Å². The number of hydrogen-bond donors (Lipinski definition) is 1. The van der Waals surface area contributed by atoms with Crippen molar-refractivity contribution in [1.82, 2.24) is 9.97 Å². The van der Waals surface area contributed by atoms with Gasteiger partial charge in [0.1, 0.15) is 17.5 Å². The molecule has 1 aromatic carbocycles. The van der Waals surface area contributed by atoms with E-state index in [2.05, 4.69) is 60.0 Å². The molecule has 116 valence electrons. The molecule has 0 unspecified atom stereocenters. The van der Waals surface area contributed by atoms with E-state index in [1.165, 1.54) is 5.69 Å². The molecule has 1 aliphatic rings. The van der Waals surface area contributed by atoms with E-state index in [1.54, 1.807) is 0 Å². The lowest BCUT2D eigenvalue weighted by Crippen LogP contribution is -2.47. The molecule has 0 bridgehead atoms. The maximum Gasteiger partial charge on any atom is 0.134 e. The van der Waals surface area contributed by atoms with Gasteiger partial charge in [-0.15, -0.1) is 0 Å². The Morgan fingerprint density at radius 3 is 2.50 bits per heavy atom. The molecule has 22 heavy (non-hydrogen) atoms. The number of rotatable bonds is 3. The molecule has 0 spiro atoms. The fourth-order valence-electron chi connectivity index (χ4n) is 2.69. The van der Waals surface area contributed by atoms with Crippen LogP contribution in [-0.4, -0.2) is 36.1 Å². The van der Waals surface area contributed by atoms with Crippen LogP contribution in [0.4, 0.5) is 17.3 Å². The summed E-state index contributed by atoms with van der Waals surface area (Å²) in [6.45, 7) is 5.87. The Bertz CT molecular complexity index is 653. The summed E-state index contributed by atoms with van der Waals surface area (Å²) >= 11 is 3.53. The standard InChI is InChI=1S/C16H20BrN5/c1-2-15-19-14(18)11-16(20-15)22-8-6-21(7-9-22)13-5-3-4-12(17)10-13/h3-5,10-11H,2,6-9H2,1H3,(H2,18,19,20). The highest BCUT2D eigenvalue weighted by molar-refractivity contribution is 9.10. The largest absolute Gasteiger partial charge is 0.384 e. The number of nitrogen functional groups attached to an aromatic ring is 1. The van der Waals surface area contributed by atoms with Crippen LogP contribution in [-0.2, 0) is 6.42 Å². The predicted octanol–water partition coefficient (Wildman–Crippen LogP) is 2.71. The van der Waals surface area contributed by atoms with Crippen molar-refractivity contribution in [1.29, 1.82) is 0 Å². The van der Waals surface area contributed by atoms with Gasteiger partial charge >= 0.3 is 0 Å². The van der Waals surface area contributed by atoms with Crippen LogP contribution in [0.5, 0.6) is 0 Å². The Morgan fingerprint density at radius 2 is 1.82 bits per heavy atom. The number of halogens is 1. The third kappa shape index (κ3) is 3.32. The molecule has 1 saturated heterocycles. The first-order valence-electron chi connectivity index (χ1n) is 7.54. The van der Waals surface area contributed by atoms with Crippen LogP contribution in [0.15, 0.2) is 34.8 Å². The van der Waals surface area contributed by atoms with Crippen LogP contribution in [0.1, 0.15) is 12.7 Å². The summed E-state index contributed by atoms with van der Waals surface area (Å²) in [6.07, 6.45) is 0.802. The summed E-state index contributed by atoms with van der Waals surface area (Å²) in [4.78, 5) is 13.5. The second-order valence-electron chi connectivity index (χ2n) is 5.37. The van der Waals surface area contributed by atoms with Gasteiger partial charge in [0.15, 0.2) is 0 Å². The zero-order valence-electron chi connectivity index (χ0n) is 12.7. The Morgan fingerprint density at radius 1 is 1.09 bits per heavy atom. The van der Waals surface area contributed by atoms with Gasteiger partial charge in [-0.05, 0) is 18.2 Å². The highest BCUT2D eigenvalue weighted by Crippen LogP contribution is 2.23. The maximum atomic E-state index is 5.88. The Kier molecular flexibility index (Phi) is 4.47. The maximum absolute atomic E-state index is 5.88. The van der Waals surface area contributed by atoms with Gasteiger partial charge < -0.3 is 15.5 Å². The number of piperazine rings is 1. The topological polar surface area (TPSA) is 58.3 Å². The normalized spacial score (nSPS) is 15.2. The highest BCUT2D eigenvalue weighted by Gasteiger charge is 2.19. The first-order valence-corrected chi connectivity index (χ1v) is 8.34. The van der Waals surface area contributed by atoms with Crippen molar-refractivity contribution in [2.75, 3.05) is 41.7 Å². The summed E-state index contributed by atoms with van der Waals surface area (Å²) in [5.41, 5.74) is 7.14. The number of benzene rings is 1. The van der Waals surface area contributed by atoms with Crippen LogP contribution in [0.2, 0.25) is 0 Å². The van der Waals surface area contributed by atoms with Crippen molar-refractivity contribution in [3.63, 3.8) is 0 Å². The second-order valence-corrected chi connectivity index (χ2v) is 6.29. The van der Waals surface area contributed by atoms with Crippen LogP contribution in [0, 0.1) is 0 Å². The molecule has 2 heterocycles. The molecule has 2 aromatic rings. The van der Waals surface area contributed by atoms with E-state index in [-0.39, 0.29) is 0 Å². The number of aromatic nitrogens is 2. The lowest BCUT2D eigenvalue weighted by molar-refractivity contribution is 0.645. The average molecular weight is 362 g/mol. The smallest absolute Gasteiger partial charge is 0.134 e. The number of aryl methyl sites for hydroxylation is 1. The number of nitrogens with two attached hydrogens (primary N) is 1. The summed E-state index contributed by atoms with van der Waals surface area (Å²) in [5, 5.41) is 0. The number of anilines is 3. The van der Waals surface area contributed by atoms with Crippen molar-refractivity contribution in [3.05, 3.63) is 40.6 Å². The van der Waals surface area contributed by atoms with Gasteiger partial charge in [0.25, 0.3) is 0 Å². The van der Waals surface area contributed by atoms with Gasteiger partial charge in [-0.2, -0.15) is 0 Å². The Labute approximate surface area is 139 Å². The molecular weight excluding hydrogens is 342 g/mol. The van der Waals surface area contributed by atoms with E-state index in [9.17, 15) is 0 Å². The highest BCUT2D eigenvalue weighted by atomic mass is 79.9. The summed E-state index contributed by atoms with van der Waals surface area (Å²) < 4.78 is 1.11. The summed E-state index contributed by atoms with van der Waals surface area (Å²) in [6, 6.07) is 10.3. The van der Waals surface area contributed by atoms with Crippen LogP contribution < -0.4 is 15.5 Å². The van der Waals surface area contributed by atoms with Gasteiger partial charge in [0.2, 0.25) is 0 Å². The average Bonchev–Trinajstić information content (AvgIpc) is 2.54. The van der Waals surface area contributed by atoms with Crippen molar-refractivity contribution in [2.24, 2.45) is 0 Å². The zero-order chi connectivity index (χ0) is 15.5. The molecule has 0 aliphatic carbocycles. The van der Waals surface area contributed by atoms with E-state index in [0.29, 0.717) is 5.82 Å². The third-order valence-electron chi connectivity index (χ3n) is 3.87. The summed E-state index contributed by atoms with van der Waals surface area (Å²) in [7, 11) is 0. The first-order chi connectivity index (χ1) is 10.7. The fourth-order valence-corrected chi connectivity index (χ4v) is 3.08. The summed E-state index contributed by atoms with van der Waals surface area (Å²) in [5.74, 6) is 2.30. The van der Waals surface area contributed by atoms with Crippen molar-refractivity contribution >= 4 is 33.3 Å². The molecule has 1 aromatic heterocycles. The van der Waals surface area contributed by atoms with Crippen molar-refractivity contribution < 1.29 is 0 Å². The predicted molar refractivity (Wildman–Crippen MR) is 94.4 cm³/mol. The molecule has 5 nitrogen and oxygen atoms in total. The third-order valence-corrected chi connectivity index (χ3v) is 4.37. The minimum atomic E-state index is 0.552. The van der Waals surface area contributed by atoms with E-state index < -0.39 is 0 Å². The lowest BCUT2D eigenvalue weighted by Gasteiger charge is -2.36. The van der Waals surface area contributed by atoms with Gasteiger partial charge in [-0.1, -0.05) is 28.9 Å². The molecule has 6 heteroatoms. The Hall–Kier alpha value is -1.82. The van der Waals surface area contributed by atoms with Crippen molar-refractivity contribution in [2.45, 2.75) is 13.3 Å². The van der Waals surface area contributed by atoms with Crippen LogP contribution >= 0.6 is 15.9 Å². The minimum Gasteiger partial charge on any atom is -0.384 e. The quantitative estimate of drug-likeness (QED) is 0.910. The monoisotopic (exact) mass is 361 g/mol. The van der Waals surface area contributed by atoms with Gasteiger partial charge in [-0.3, -0.25) is 0 Å². The van der Waals surface area contributed by atoms with E-state index >= 15 is 0 Å². The van der Waals surface area contributed by atoms with Crippen molar-refractivity contribution in [3.8, 4) is 0 Å². The van der Waals surface area contributed by atoms with E-state index in [4.69, 9.17) is 5.73 Å². The van der Waals surface area contributed by atoms with Gasteiger partial charge in [0, 0.05) is 48.8 Å². The molecule has 2 N–H and O–H groups in total.